The van der Waals surface area contributed by atoms with Crippen LogP contribution in [0.1, 0.15) is 75.0 Å². The molecule has 212 valence electrons. The van der Waals surface area contributed by atoms with Gasteiger partial charge in [-0.3, -0.25) is 19.3 Å². The number of hydrogen-bond donors (Lipinski definition) is 3. The van der Waals surface area contributed by atoms with E-state index in [1.54, 1.807) is 24.3 Å². The largest absolute Gasteiger partial charge is 0.493 e. The smallest absolute Gasteiger partial charge is 0.273 e. The molecule has 1 aliphatic carbocycles. The Morgan fingerprint density at radius 3 is 2.30 bits per heavy atom. The third-order valence-corrected chi connectivity index (χ3v) is 8.18. The molecule has 0 radical (unpaired) electrons. The number of aromatic nitrogens is 1. The summed E-state index contributed by atoms with van der Waals surface area (Å²) >= 11 is 0.773. The SMILES string of the molecule is COc1ccc([C@H](C(=O)NC2CCCCC2)N(C(=O)c2snc(C(N)=O)c2N)c2ccc(C)c(C)c2)cc1OC. The van der Waals surface area contributed by atoms with E-state index in [0.29, 0.717) is 22.7 Å². The number of nitrogens with one attached hydrogen (secondary N) is 1. The standard InChI is InChI=1S/C29H35N5O5S/c1-16-10-12-20(14-17(16)2)34(29(37)26-23(30)24(27(31)35)33-40-26)25(28(36)32-19-8-6-5-7-9-19)18-11-13-21(38-3)22(15-18)39-4/h10-15,19,25H,5-9,30H2,1-4H3,(H2,31,35)(H,32,36)/t25-/m1/s1. The molecule has 2 aromatic carbocycles. The molecule has 1 aliphatic rings. The summed E-state index contributed by atoms with van der Waals surface area (Å²) in [6.45, 7) is 3.90. The number of benzene rings is 2. The lowest BCUT2D eigenvalue weighted by Gasteiger charge is -2.33. The summed E-state index contributed by atoms with van der Waals surface area (Å²) in [7, 11) is 3.03. The molecule has 1 aromatic heterocycles. The van der Waals surface area contributed by atoms with E-state index in [2.05, 4.69) is 9.69 Å². The van der Waals surface area contributed by atoms with Crippen molar-refractivity contribution in [1.82, 2.24) is 9.69 Å². The molecule has 10 nitrogen and oxygen atoms in total. The molecule has 0 spiro atoms. The minimum absolute atomic E-state index is 0.00413. The number of carbonyl (C=O) groups is 3. The molecule has 3 aromatic rings. The molecule has 1 heterocycles. The topological polar surface area (TPSA) is 150 Å². The molecule has 1 fully saturated rings. The fraction of sp³-hybridized carbons (Fsp3) is 0.379. The van der Waals surface area contributed by atoms with Crippen molar-refractivity contribution in [3.8, 4) is 11.5 Å². The predicted molar refractivity (Wildman–Crippen MR) is 155 cm³/mol. The molecule has 0 saturated heterocycles. The highest BCUT2D eigenvalue weighted by Gasteiger charge is 2.37. The van der Waals surface area contributed by atoms with Gasteiger partial charge in [-0.1, -0.05) is 31.4 Å². The zero-order chi connectivity index (χ0) is 29.0. The van der Waals surface area contributed by atoms with E-state index in [4.69, 9.17) is 20.9 Å². The number of aryl methyl sites for hydroxylation is 2. The molecule has 11 heteroatoms. The van der Waals surface area contributed by atoms with Crippen molar-refractivity contribution >= 4 is 40.6 Å². The lowest BCUT2D eigenvalue weighted by molar-refractivity contribution is -0.123. The van der Waals surface area contributed by atoms with Crippen LogP contribution in [0.5, 0.6) is 11.5 Å². The van der Waals surface area contributed by atoms with Crippen LogP contribution < -0.4 is 31.2 Å². The molecule has 1 saturated carbocycles. The quantitative estimate of drug-likeness (QED) is 0.350. The van der Waals surface area contributed by atoms with Gasteiger partial charge in [-0.25, -0.2) is 0 Å². The van der Waals surface area contributed by atoms with E-state index in [-0.39, 0.29) is 28.2 Å². The van der Waals surface area contributed by atoms with Gasteiger partial charge in [0.25, 0.3) is 11.8 Å². The Bertz CT molecular complexity index is 1420. The van der Waals surface area contributed by atoms with Crippen LogP contribution in [0, 0.1) is 13.8 Å². The summed E-state index contributed by atoms with van der Waals surface area (Å²) in [5, 5.41) is 3.18. The summed E-state index contributed by atoms with van der Waals surface area (Å²) in [5.74, 6) is -0.860. The fourth-order valence-corrected chi connectivity index (χ4v) is 5.71. The maximum Gasteiger partial charge on any atom is 0.273 e. The van der Waals surface area contributed by atoms with Crippen molar-refractivity contribution in [1.29, 1.82) is 0 Å². The average Bonchev–Trinajstić information content (AvgIpc) is 3.34. The maximum absolute atomic E-state index is 14.3. The van der Waals surface area contributed by atoms with Gasteiger partial charge >= 0.3 is 0 Å². The number of ether oxygens (including phenoxy) is 2. The summed E-state index contributed by atoms with van der Waals surface area (Å²) in [5.41, 5.74) is 14.3. The first-order valence-corrected chi connectivity index (χ1v) is 13.9. The average molecular weight is 566 g/mol. The van der Waals surface area contributed by atoms with E-state index in [9.17, 15) is 14.4 Å². The summed E-state index contributed by atoms with van der Waals surface area (Å²) in [6.07, 6.45) is 4.92. The van der Waals surface area contributed by atoms with E-state index in [1.165, 1.54) is 19.1 Å². The van der Waals surface area contributed by atoms with Gasteiger partial charge in [-0.15, -0.1) is 0 Å². The van der Waals surface area contributed by atoms with E-state index in [0.717, 1.165) is 54.8 Å². The van der Waals surface area contributed by atoms with Gasteiger partial charge in [-0.2, -0.15) is 4.37 Å². The molecule has 1 atom stereocenters. The van der Waals surface area contributed by atoms with Crippen LogP contribution in [-0.4, -0.2) is 42.4 Å². The Kier molecular flexibility index (Phi) is 8.93. The molecular weight excluding hydrogens is 530 g/mol. The first kappa shape index (κ1) is 28.9. The number of primary amides is 1. The second-order valence-electron chi connectivity index (χ2n) is 9.94. The first-order chi connectivity index (χ1) is 19.2. The summed E-state index contributed by atoms with van der Waals surface area (Å²) in [4.78, 5) is 41.8. The van der Waals surface area contributed by atoms with E-state index < -0.39 is 17.9 Å². The lowest BCUT2D eigenvalue weighted by Crippen LogP contribution is -2.47. The zero-order valence-corrected chi connectivity index (χ0v) is 24.0. The number of methoxy groups -OCH3 is 2. The third kappa shape index (κ3) is 5.89. The second-order valence-corrected chi connectivity index (χ2v) is 10.7. The highest BCUT2D eigenvalue weighted by atomic mass is 32.1. The Hall–Kier alpha value is -4.12. The van der Waals surface area contributed by atoms with Crippen LogP contribution in [-0.2, 0) is 4.79 Å². The van der Waals surface area contributed by atoms with Gasteiger partial charge in [0.15, 0.2) is 17.2 Å². The summed E-state index contributed by atoms with van der Waals surface area (Å²) < 4.78 is 15.0. The second kappa shape index (κ2) is 12.4. The van der Waals surface area contributed by atoms with Gasteiger partial charge in [-0.05, 0) is 79.2 Å². The third-order valence-electron chi connectivity index (χ3n) is 7.32. The number of nitrogens with two attached hydrogens (primary N) is 2. The zero-order valence-electron chi connectivity index (χ0n) is 23.2. The van der Waals surface area contributed by atoms with Gasteiger partial charge in [0.2, 0.25) is 5.91 Å². The molecule has 3 amide bonds. The van der Waals surface area contributed by atoms with Crippen LogP contribution in [0.15, 0.2) is 36.4 Å². The minimum Gasteiger partial charge on any atom is -0.493 e. The Balaban J connectivity index is 1.91. The van der Waals surface area contributed by atoms with E-state index >= 15 is 0 Å². The first-order valence-electron chi connectivity index (χ1n) is 13.1. The van der Waals surface area contributed by atoms with Gasteiger partial charge in [0.05, 0.1) is 19.9 Å². The van der Waals surface area contributed by atoms with Crippen LogP contribution in [0.3, 0.4) is 0 Å². The highest BCUT2D eigenvalue weighted by molar-refractivity contribution is 7.09. The van der Waals surface area contributed by atoms with Crippen molar-refractivity contribution in [3.63, 3.8) is 0 Å². The number of nitrogens with zero attached hydrogens (tertiary/aromatic N) is 2. The fourth-order valence-electron chi connectivity index (χ4n) is 4.97. The monoisotopic (exact) mass is 565 g/mol. The Morgan fingerprint density at radius 1 is 1.00 bits per heavy atom. The molecule has 40 heavy (non-hydrogen) atoms. The number of nitrogen functional groups attached to an aromatic ring is 1. The number of rotatable bonds is 9. The number of anilines is 2. The van der Waals surface area contributed by atoms with E-state index in [1.807, 2.05) is 26.0 Å². The maximum atomic E-state index is 14.3. The van der Waals surface area contributed by atoms with Crippen molar-refractivity contribution < 1.29 is 23.9 Å². The highest BCUT2D eigenvalue weighted by Crippen LogP contribution is 2.37. The van der Waals surface area contributed by atoms with Crippen LogP contribution in [0.4, 0.5) is 11.4 Å². The van der Waals surface area contributed by atoms with Crippen molar-refractivity contribution in [3.05, 3.63) is 63.7 Å². The summed E-state index contributed by atoms with van der Waals surface area (Å²) in [6, 6.07) is 9.54. The van der Waals surface area contributed by atoms with Gasteiger partial charge in [0, 0.05) is 11.7 Å². The Morgan fingerprint density at radius 2 is 1.70 bits per heavy atom. The molecule has 0 unspecified atom stereocenters. The Labute approximate surface area is 237 Å². The van der Waals surface area contributed by atoms with Gasteiger partial charge in [0.1, 0.15) is 10.9 Å². The molecular formula is C29H35N5O5S. The molecule has 4 rings (SSSR count). The van der Waals surface area contributed by atoms with Crippen molar-refractivity contribution in [2.45, 2.75) is 58.0 Å². The molecule has 5 N–H and O–H groups in total. The van der Waals surface area contributed by atoms with Crippen LogP contribution in [0.25, 0.3) is 0 Å². The molecule has 0 bridgehead atoms. The van der Waals surface area contributed by atoms with Gasteiger partial charge < -0.3 is 26.3 Å². The number of hydrogen-bond acceptors (Lipinski definition) is 8. The van der Waals surface area contributed by atoms with Crippen LogP contribution >= 0.6 is 11.5 Å². The normalized spacial score (nSPS) is 14.3. The van der Waals surface area contributed by atoms with Crippen molar-refractivity contribution in [2.24, 2.45) is 5.73 Å². The van der Waals surface area contributed by atoms with Crippen molar-refractivity contribution in [2.75, 3.05) is 24.9 Å². The number of amides is 3. The molecule has 0 aliphatic heterocycles. The predicted octanol–water partition coefficient (Wildman–Crippen LogP) is 4.30. The minimum atomic E-state index is -1.10. The van der Waals surface area contributed by atoms with Crippen LogP contribution in [0.2, 0.25) is 0 Å². The number of carbonyl (C=O) groups excluding carboxylic acids is 3. The lowest BCUT2D eigenvalue weighted by atomic mass is 9.94.